The van der Waals surface area contributed by atoms with Crippen molar-refractivity contribution in [2.45, 2.75) is 6.42 Å². The van der Waals surface area contributed by atoms with E-state index in [4.69, 9.17) is 11.6 Å². The highest BCUT2D eigenvalue weighted by atomic mass is 35.5. The summed E-state index contributed by atoms with van der Waals surface area (Å²) in [6.45, 7) is 9.64. The van der Waals surface area contributed by atoms with E-state index in [0.717, 1.165) is 13.1 Å². The summed E-state index contributed by atoms with van der Waals surface area (Å²) in [5, 5.41) is 0.645. The maximum absolute atomic E-state index is 11.9. The smallest absolute Gasteiger partial charge is 0.164 e. The van der Waals surface area contributed by atoms with Crippen molar-refractivity contribution >= 4 is 17.4 Å². The minimum Gasteiger partial charge on any atom is -0.296 e. The second kappa shape index (κ2) is 7.85. The second-order valence-corrected chi connectivity index (χ2v) is 4.45. The molecule has 0 heterocycles. The third-order valence-corrected chi connectivity index (χ3v) is 2.85. The van der Waals surface area contributed by atoms with E-state index in [9.17, 15) is 4.79 Å². The first-order chi connectivity index (χ1) is 8.67. The van der Waals surface area contributed by atoms with Gasteiger partial charge in [0, 0.05) is 36.6 Å². The molecule has 0 radical (unpaired) electrons. The number of hydrogen-bond donors (Lipinski definition) is 0. The lowest BCUT2D eigenvalue weighted by atomic mass is 10.1. The fraction of sp³-hybridized carbons (Fsp3) is 0.267. The van der Waals surface area contributed by atoms with Gasteiger partial charge in [-0.25, -0.2) is 0 Å². The van der Waals surface area contributed by atoms with Gasteiger partial charge in [0.2, 0.25) is 0 Å². The van der Waals surface area contributed by atoms with Crippen LogP contribution >= 0.6 is 11.6 Å². The van der Waals surface area contributed by atoms with Crippen molar-refractivity contribution in [3.63, 3.8) is 0 Å². The first kappa shape index (κ1) is 14.7. The van der Waals surface area contributed by atoms with Gasteiger partial charge in [-0.3, -0.25) is 9.69 Å². The van der Waals surface area contributed by atoms with Crippen LogP contribution in [0.25, 0.3) is 0 Å². The summed E-state index contributed by atoms with van der Waals surface area (Å²) in [6, 6.07) is 6.99. The van der Waals surface area contributed by atoms with Crippen molar-refractivity contribution in [2.24, 2.45) is 0 Å². The highest BCUT2D eigenvalue weighted by molar-refractivity contribution is 6.30. The number of benzene rings is 1. The first-order valence-electron chi connectivity index (χ1n) is 5.90. The predicted octanol–water partition coefficient (Wildman–Crippen LogP) is 3.59. The van der Waals surface area contributed by atoms with Gasteiger partial charge >= 0.3 is 0 Å². The molecule has 0 aliphatic rings. The van der Waals surface area contributed by atoms with Crippen LogP contribution in [0.4, 0.5) is 0 Å². The number of hydrogen-bond acceptors (Lipinski definition) is 2. The molecule has 1 rings (SSSR count). The summed E-state index contributed by atoms with van der Waals surface area (Å²) in [6.07, 6.45) is 4.15. The lowest BCUT2D eigenvalue weighted by Crippen LogP contribution is -2.26. The predicted molar refractivity (Wildman–Crippen MR) is 77.2 cm³/mol. The summed E-state index contributed by atoms with van der Waals surface area (Å²) < 4.78 is 0. The van der Waals surface area contributed by atoms with Gasteiger partial charge in [0.1, 0.15) is 0 Å². The molecule has 2 nitrogen and oxygen atoms in total. The van der Waals surface area contributed by atoms with Crippen molar-refractivity contribution in [1.29, 1.82) is 0 Å². The molecule has 0 spiro atoms. The molecule has 1 aromatic carbocycles. The zero-order chi connectivity index (χ0) is 13.4. The molecule has 0 aromatic heterocycles. The van der Waals surface area contributed by atoms with Crippen LogP contribution in [0.5, 0.6) is 0 Å². The molecule has 3 heteroatoms. The number of rotatable bonds is 8. The fourth-order valence-electron chi connectivity index (χ4n) is 1.66. The van der Waals surface area contributed by atoms with Gasteiger partial charge < -0.3 is 0 Å². The van der Waals surface area contributed by atoms with Gasteiger partial charge in [-0.05, 0) is 24.3 Å². The quantitative estimate of drug-likeness (QED) is 0.528. The van der Waals surface area contributed by atoms with Gasteiger partial charge in [-0.15, -0.1) is 13.2 Å². The molecule has 0 N–H and O–H groups in total. The fourth-order valence-corrected chi connectivity index (χ4v) is 1.79. The second-order valence-electron chi connectivity index (χ2n) is 4.02. The van der Waals surface area contributed by atoms with Gasteiger partial charge in [-0.2, -0.15) is 0 Å². The SMILES string of the molecule is C=CCN(CC=C)CCC(=O)c1ccc(Cl)cc1. The van der Waals surface area contributed by atoms with Crippen LogP contribution in [0.15, 0.2) is 49.6 Å². The zero-order valence-corrected chi connectivity index (χ0v) is 11.2. The van der Waals surface area contributed by atoms with E-state index in [1.165, 1.54) is 0 Å². The molecule has 1 aromatic rings. The maximum Gasteiger partial charge on any atom is 0.164 e. The van der Waals surface area contributed by atoms with Gasteiger partial charge in [0.05, 0.1) is 0 Å². The minimum atomic E-state index is 0.129. The molecule has 0 atom stereocenters. The average molecular weight is 264 g/mol. The first-order valence-corrected chi connectivity index (χ1v) is 6.28. The van der Waals surface area contributed by atoms with E-state index in [1.54, 1.807) is 24.3 Å². The Kier molecular flexibility index (Phi) is 6.40. The topological polar surface area (TPSA) is 20.3 Å². The Hall–Kier alpha value is -1.38. The largest absolute Gasteiger partial charge is 0.296 e. The van der Waals surface area contributed by atoms with Gasteiger partial charge in [0.15, 0.2) is 5.78 Å². The summed E-state index contributed by atoms with van der Waals surface area (Å²) in [5.74, 6) is 0.129. The van der Waals surface area contributed by atoms with Crippen molar-refractivity contribution in [3.8, 4) is 0 Å². The average Bonchev–Trinajstić information content (AvgIpc) is 2.37. The van der Waals surface area contributed by atoms with Crippen molar-refractivity contribution in [2.75, 3.05) is 19.6 Å². The summed E-state index contributed by atoms with van der Waals surface area (Å²) >= 11 is 5.78. The van der Waals surface area contributed by atoms with Crippen LogP contribution in [0.3, 0.4) is 0 Å². The number of nitrogens with zero attached hydrogens (tertiary/aromatic N) is 1. The van der Waals surface area contributed by atoms with Crippen LogP contribution < -0.4 is 0 Å². The summed E-state index contributed by atoms with van der Waals surface area (Å²) in [5.41, 5.74) is 0.705. The standard InChI is InChI=1S/C15H18ClNO/c1-3-10-17(11-4-2)12-9-15(18)13-5-7-14(16)8-6-13/h3-8H,1-2,9-12H2. The Labute approximate surface area is 114 Å². The third kappa shape index (κ3) is 4.86. The lowest BCUT2D eigenvalue weighted by molar-refractivity contribution is 0.0968. The maximum atomic E-state index is 11.9. The van der Waals surface area contributed by atoms with Crippen LogP contribution in [-0.4, -0.2) is 30.3 Å². The molecule has 96 valence electrons. The molecule has 0 aliphatic heterocycles. The number of carbonyl (C=O) groups excluding carboxylic acids is 1. The van der Waals surface area contributed by atoms with E-state index in [0.29, 0.717) is 23.6 Å². The Morgan fingerprint density at radius 3 is 2.22 bits per heavy atom. The molecular formula is C15H18ClNO. The normalized spacial score (nSPS) is 10.3. The van der Waals surface area contributed by atoms with Crippen LogP contribution in [0, 0.1) is 0 Å². The molecule has 0 bridgehead atoms. The molecule has 0 amide bonds. The van der Waals surface area contributed by atoms with E-state index in [1.807, 2.05) is 12.2 Å². The Bertz CT molecular complexity index is 401. The highest BCUT2D eigenvalue weighted by Crippen LogP contribution is 2.11. The summed E-state index contributed by atoms with van der Waals surface area (Å²) in [4.78, 5) is 14.1. The van der Waals surface area contributed by atoms with Crippen molar-refractivity contribution in [3.05, 3.63) is 60.2 Å². The van der Waals surface area contributed by atoms with Gasteiger partial charge in [0.25, 0.3) is 0 Å². The highest BCUT2D eigenvalue weighted by Gasteiger charge is 2.08. The molecular weight excluding hydrogens is 246 g/mol. The Balaban J connectivity index is 2.51. The van der Waals surface area contributed by atoms with Crippen molar-refractivity contribution < 1.29 is 4.79 Å². The molecule has 0 unspecified atom stereocenters. The Morgan fingerprint density at radius 1 is 1.17 bits per heavy atom. The number of Topliss-reactive ketones (excluding diaryl/α,β-unsaturated/α-hetero) is 1. The molecule has 0 fully saturated rings. The molecule has 0 saturated carbocycles. The monoisotopic (exact) mass is 263 g/mol. The lowest BCUT2D eigenvalue weighted by Gasteiger charge is -2.17. The van der Waals surface area contributed by atoms with Crippen LogP contribution in [0.1, 0.15) is 16.8 Å². The number of ketones is 1. The summed E-state index contributed by atoms with van der Waals surface area (Å²) in [7, 11) is 0. The number of halogens is 1. The van der Waals surface area contributed by atoms with E-state index in [2.05, 4.69) is 18.1 Å². The van der Waals surface area contributed by atoms with E-state index >= 15 is 0 Å². The molecule has 0 saturated heterocycles. The Morgan fingerprint density at radius 2 is 1.72 bits per heavy atom. The van der Waals surface area contributed by atoms with E-state index < -0.39 is 0 Å². The molecule has 18 heavy (non-hydrogen) atoms. The minimum absolute atomic E-state index is 0.129. The third-order valence-electron chi connectivity index (χ3n) is 2.60. The van der Waals surface area contributed by atoms with Crippen molar-refractivity contribution in [1.82, 2.24) is 4.90 Å². The number of carbonyl (C=O) groups is 1. The zero-order valence-electron chi connectivity index (χ0n) is 10.4. The van der Waals surface area contributed by atoms with Gasteiger partial charge in [-0.1, -0.05) is 23.8 Å². The van der Waals surface area contributed by atoms with Crippen LogP contribution in [-0.2, 0) is 0 Å². The molecule has 0 aliphatic carbocycles. The van der Waals surface area contributed by atoms with E-state index in [-0.39, 0.29) is 5.78 Å². The van der Waals surface area contributed by atoms with Crippen LogP contribution in [0.2, 0.25) is 5.02 Å².